The fourth-order valence-electron chi connectivity index (χ4n) is 5.51. The van der Waals surface area contributed by atoms with Crippen molar-refractivity contribution in [1.82, 2.24) is 15.0 Å². The molecule has 2 aromatic heterocycles. The number of aliphatic imine (C=N–C) groups is 1. The number of carboxylic acids is 1. The Balaban J connectivity index is 1.08. The first kappa shape index (κ1) is 25.2. The third-order valence-corrected chi connectivity index (χ3v) is 7.90. The minimum Gasteiger partial charge on any atom is -0.480 e. The Bertz CT molecular complexity index is 1620. The minimum atomic E-state index is -0.876. The molecule has 0 bridgehead atoms. The lowest BCUT2D eigenvalue weighted by atomic mass is 9.99. The van der Waals surface area contributed by atoms with Gasteiger partial charge in [0, 0.05) is 11.3 Å². The SMILES string of the molecule is O=C(O)C1CCC(c2ccc(-c3ccc(-c4nc5nc(O[C@@H]6CO[C@H]7[C@@H]6OC[C@H]7O)[nH]c5cc4Cl)cc3)cc2)=N1. The average molecular weight is 561 g/mol. The topological polar surface area (TPSA) is 139 Å². The monoisotopic (exact) mass is 560 g/mol. The molecule has 3 N–H and O–H groups in total. The Kier molecular flexibility index (Phi) is 6.27. The summed E-state index contributed by atoms with van der Waals surface area (Å²) in [5.41, 5.74) is 6.40. The van der Waals surface area contributed by atoms with Gasteiger partial charge in [0.2, 0.25) is 0 Å². The quantitative estimate of drug-likeness (QED) is 0.323. The molecule has 2 aromatic carbocycles. The zero-order valence-electron chi connectivity index (χ0n) is 21.2. The summed E-state index contributed by atoms with van der Waals surface area (Å²) >= 11 is 6.61. The van der Waals surface area contributed by atoms with Gasteiger partial charge >= 0.3 is 5.97 Å². The summed E-state index contributed by atoms with van der Waals surface area (Å²) in [4.78, 5) is 27.8. The Morgan fingerprint density at radius 1 is 0.950 bits per heavy atom. The van der Waals surface area contributed by atoms with E-state index in [0.29, 0.717) is 41.3 Å². The molecule has 40 heavy (non-hydrogen) atoms. The summed E-state index contributed by atoms with van der Waals surface area (Å²) < 4.78 is 17.2. The number of imidazole rings is 1. The van der Waals surface area contributed by atoms with Crippen molar-refractivity contribution < 1.29 is 29.2 Å². The second-order valence-electron chi connectivity index (χ2n) is 10.2. The van der Waals surface area contributed by atoms with Gasteiger partial charge in [0.05, 0.1) is 29.4 Å². The zero-order valence-corrected chi connectivity index (χ0v) is 21.9. The predicted octanol–water partition coefficient (Wildman–Crippen LogP) is 3.89. The van der Waals surface area contributed by atoms with Gasteiger partial charge < -0.3 is 29.4 Å². The number of halogens is 1. The van der Waals surface area contributed by atoms with Crippen LogP contribution in [0.5, 0.6) is 6.01 Å². The lowest BCUT2D eigenvalue weighted by Gasteiger charge is -2.15. The lowest BCUT2D eigenvalue weighted by molar-refractivity contribution is -0.138. The number of aromatic nitrogens is 3. The first-order valence-corrected chi connectivity index (χ1v) is 13.5. The maximum absolute atomic E-state index is 11.2. The van der Waals surface area contributed by atoms with Crippen LogP contribution in [0, 0.1) is 0 Å². The van der Waals surface area contributed by atoms with Gasteiger partial charge in [0.1, 0.15) is 24.4 Å². The molecule has 0 aliphatic carbocycles. The van der Waals surface area contributed by atoms with Crippen molar-refractivity contribution in [2.75, 3.05) is 13.2 Å². The van der Waals surface area contributed by atoms with Crippen LogP contribution in [0.3, 0.4) is 0 Å². The van der Waals surface area contributed by atoms with Gasteiger partial charge in [-0.15, -0.1) is 0 Å². The molecule has 11 heteroatoms. The highest BCUT2D eigenvalue weighted by atomic mass is 35.5. The number of ether oxygens (including phenoxy) is 3. The maximum atomic E-state index is 11.2. The number of carboxylic acid groups (broad SMARTS) is 1. The van der Waals surface area contributed by atoms with Gasteiger partial charge in [-0.2, -0.15) is 4.98 Å². The van der Waals surface area contributed by atoms with Crippen LogP contribution in [0.15, 0.2) is 59.6 Å². The van der Waals surface area contributed by atoms with Crippen LogP contribution in [0.1, 0.15) is 18.4 Å². The number of aliphatic hydroxyl groups is 1. The zero-order chi connectivity index (χ0) is 27.4. The van der Waals surface area contributed by atoms with Gasteiger partial charge in [-0.25, -0.2) is 9.78 Å². The van der Waals surface area contributed by atoms with E-state index in [1.54, 1.807) is 6.07 Å². The molecule has 5 atom stereocenters. The van der Waals surface area contributed by atoms with Crippen LogP contribution in [-0.2, 0) is 14.3 Å². The first-order valence-electron chi connectivity index (χ1n) is 13.1. The molecule has 2 fully saturated rings. The van der Waals surface area contributed by atoms with Gasteiger partial charge in [0.25, 0.3) is 6.01 Å². The highest BCUT2D eigenvalue weighted by Gasteiger charge is 2.48. The van der Waals surface area contributed by atoms with Crippen LogP contribution in [0.25, 0.3) is 33.5 Å². The normalized spacial score (nSPS) is 25.8. The van der Waals surface area contributed by atoms with Crippen LogP contribution in [0.2, 0.25) is 5.02 Å². The van der Waals surface area contributed by atoms with E-state index in [4.69, 9.17) is 25.8 Å². The molecule has 3 aliphatic heterocycles. The molecule has 0 amide bonds. The fourth-order valence-corrected chi connectivity index (χ4v) is 5.77. The van der Waals surface area contributed by atoms with Crippen molar-refractivity contribution in [3.05, 3.63) is 65.2 Å². The number of H-pyrrole nitrogens is 1. The molecule has 5 heterocycles. The summed E-state index contributed by atoms with van der Waals surface area (Å²) in [5.74, 6) is -0.876. The number of fused-ring (bicyclic) bond motifs is 2. The highest BCUT2D eigenvalue weighted by molar-refractivity contribution is 6.33. The van der Waals surface area contributed by atoms with Crippen LogP contribution in [-0.4, -0.2) is 80.5 Å². The molecule has 0 spiro atoms. The largest absolute Gasteiger partial charge is 0.480 e. The van der Waals surface area contributed by atoms with Crippen LogP contribution >= 0.6 is 11.6 Å². The molecule has 10 nitrogen and oxygen atoms in total. The number of benzene rings is 2. The Hall–Kier alpha value is -3.83. The second kappa shape index (κ2) is 9.97. The molecule has 0 radical (unpaired) electrons. The van der Waals surface area contributed by atoms with Crippen molar-refractivity contribution in [1.29, 1.82) is 0 Å². The van der Waals surface area contributed by atoms with E-state index in [2.05, 4.69) is 19.9 Å². The van der Waals surface area contributed by atoms with Crippen molar-refractivity contribution in [2.45, 2.75) is 43.3 Å². The third kappa shape index (κ3) is 4.52. The lowest BCUT2D eigenvalue weighted by Crippen LogP contribution is -2.34. The number of hydrogen-bond donors (Lipinski definition) is 3. The summed E-state index contributed by atoms with van der Waals surface area (Å²) in [6, 6.07) is 17.3. The minimum absolute atomic E-state index is 0.227. The fraction of sp³-hybridized carbons (Fsp3) is 0.310. The van der Waals surface area contributed by atoms with Crippen LogP contribution in [0.4, 0.5) is 0 Å². The Morgan fingerprint density at radius 2 is 1.62 bits per heavy atom. The van der Waals surface area contributed by atoms with E-state index in [9.17, 15) is 15.0 Å². The number of aromatic amines is 1. The number of carbonyl (C=O) groups is 1. The molecule has 1 unspecified atom stereocenters. The van der Waals surface area contributed by atoms with Gasteiger partial charge in [-0.1, -0.05) is 60.1 Å². The first-order chi connectivity index (χ1) is 19.4. The van der Waals surface area contributed by atoms with Gasteiger partial charge in [-0.3, -0.25) is 4.99 Å². The summed E-state index contributed by atoms with van der Waals surface area (Å²) in [6.45, 7) is 0.530. The summed E-state index contributed by atoms with van der Waals surface area (Å²) in [5, 5.41) is 19.6. The van der Waals surface area contributed by atoms with Crippen LogP contribution < -0.4 is 4.74 Å². The van der Waals surface area contributed by atoms with E-state index in [-0.39, 0.29) is 30.9 Å². The molecular formula is C29H25ClN4O6. The standard InChI is InChI=1S/C29H25ClN4O6/c30-18-11-21-27(34-29(32-21)40-23-13-39-25-22(35)12-38-26(23)25)33-24(18)17-7-3-15(4-8-17)14-1-5-16(6-2-14)19-9-10-20(31-19)28(36)37/h1-8,11,20,22-23,25-26,35H,9-10,12-13H2,(H,36,37)(H,32,33,34)/t20?,22-,23-,25-,26-/m1/s1. The average Bonchev–Trinajstić information content (AvgIpc) is 3.75. The second-order valence-corrected chi connectivity index (χ2v) is 10.6. The highest BCUT2D eigenvalue weighted by Crippen LogP contribution is 2.33. The van der Waals surface area contributed by atoms with E-state index in [0.717, 1.165) is 28.0 Å². The van der Waals surface area contributed by atoms with Gasteiger partial charge in [0.15, 0.2) is 11.8 Å². The van der Waals surface area contributed by atoms with Crippen molar-refractivity contribution in [3.8, 4) is 28.4 Å². The molecule has 3 aliphatic rings. The molecule has 0 saturated carbocycles. The third-order valence-electron chi connectivity index (χ3n) is 7.61. The Labute approximate surface area is 233 Å². The van der Waals surface area contributed by atoms with Crippen molar-refractivity contribution in [2.24, 2.45) is 4.99 Å². The van der Waals surface area contributed by atoms with Crippen molar-refractivity contribution >= 4 is 34.4 Å². The molecule has 7 rings (SSSR count). The van der Waals surface area contributed by atoms with Gasteiger partial charge in [-0.05, 0) is 35.6 Å². The molecule has 4 aromatic rings. The number of aliphatic carboxylic acids is 1. The molecule has 204 valence electrons. The van der Waals surface area contributed by atoms with E-state index in [1.165, 1.54) is 0 Å². The van der Waals surface area contributed by atoms with Crippen molar-refractivity contribution in [3.63, 3.8) is 0 Å². The number of nitrogens with zero attached hydrogens (tertiary/aromatic N) is 3. The molecular weight excluding hydrogens is 536 g/mol. The Morgan fingerprint density at radius 3 is 2.33 bits per heavy atom. The van der Waals surface area contributed by atoms with E-state index >= 15 is 0 Å². The number of rotatable bonds is 6. The predicted molar refractivity (Wildman–Crippen MR) is 147 cm³/mol. The smallest absolute Gasteiger partial charge is 0.328 e. The molecule has 2 saturated heterocycles. The summed E-state index contributed by atoms with van der Waals surface area (Å²) in [7, 11) is 0. The van der Waals surface area contributed by atoms with E-state index < -0.39 is 18.1 Å². The maximum Gasteiger partial charge on any atom is 0.328 e. The number of nitrogens with one attached hydrogen (secondary N) is 1. The summed E-state index contributed by atoms with van der Waals surface area (Å²) in [6.07, 6.45) is -0.551. The number of aliphatic hydroxyl groups excluding tert-OH is 1. The number of pyridine rings is 1. The van der Waals surface area contributed by atoms with E-state index in [1.807, 2.05) is 48.5 Å². The number of hydrogen-bond acceptors (Lipinski definition) is 8.